The summed E-state index contributed by atoms with van der Waals surface area (Å²) in [6.45, 7) is 8.73. The summed E-state index contributed by atoms with van der Waals surface area (Å²) in [5.41, 5.74) is 0.982. The fraction of sp³-hybridized carbons (Fsp3) is 0.650. The number of rotatable bonds is 6. The van der Waals surface area contributed by atoms with Crippen molar-refractivity contribution in [3.63, 3.8) is 0 Å². The summed E-state index contributed by atoms with van der Waals surface area (Å²) in [6.07, 6.45) is 4.56. The maximum atomic E-state index is 12.5. The molecule has 3 rings (SSSR count). The Bertz CT molecular complexity index is 688. The lowest BCUT2D eigenvalue weighted by Gasteiger charge is -2.35. The lowest BCUT2D eigenvalue weighted by molar-refractivity contribution is -0.384. The monoisotopic (exact) mass is 374 g/mol. The number of nitrogens with one attached hydrogen (secondary N) is 1. The maximum absolute atomic E-state index is 12.5. The van der Waals surface area contributed by atoms with Gasteiger partial charge in [-0.2, -0.15) is 0 Å². The van der Waals surface area contributed by atoms with Crippen LogP contribution in [0, 0.1) is 16.0 Å². The van der Waals surface area contributed by atoms with Crippen LogP contribution in [0.1, 0.15) is 49.9 Å². The molecule has 0 saturated carbocycles. The summed E-state index contributed by atoms with van der Waals surface area (Å²) in [4.78, 5) is 28.1. The predicted octanol–water partition coefficient (Wildman–Crippen LogP) is 3.05. The topological polar surface area (TPSA) is 78.7 Å². The van der Waals surface area contributed by atoms with Crippen LogP contribution in [0.4, 0.5) is 11.4 Å². The highest BCUT2D eigenvalue weighted by atomic mass is 16.6. The van der Waals surface area contributed by atoms with Gasteiger partial charge >= 0.3 is 0 Å². The van der Waals surface area contributed by atoms with Crippen LogP contribution in [0.3, 0.4) is 0 Å². The van der Waals surface area contributed by atoms with Gasteiger partial charge in [-0.15, -0.1) is 0 Å². The van der Waals surface area contributed by atoms with Crippen LogP contribution in [-0.4, -0.2) is 54.5 Å². The van der Waals surface area contributed by atoms with Gasteiger partial charge in [-0.1, -0.05) is 6.92 Å². The second kappa shape index (κ2) is 8.69. The van der Waals surface area contributed by atoms with Crippen molar-refractivity contribution >= 4 is 17.3 Å². The molecule has 0 bridgehead atoms. The highest BCUT2D eigenvalue weighted by Gasteiger charge is 2.25. The third kappa shape index (κ3) is 4.77. The van der Waals surface area contributed by atoms with Crippen molar-refractivity contribution in [1.82, 2.24) is 10.2 Å². The SMILES string of the molecule is CC1CCCN(C(C)CNC(=O)c2ccc(N3CCCC3)c([N+](=O)[O-])c2)C1. The molecule has 1 aromatic carbocycles. The quantitative estimate of drug-likeness (QED) is 0.612. The van der Waals surface area contributed by atoms with Crippen LogP contribution in [0.15, 0.2) is 18.2 Å². The Labute approximate surface area is 160 Å². The first-order chi connectivity index (χ1) is 13.0. The van der Waals surface area contributed by atoms with E-state index in [0.717, 1.165) is 39.0 Å². The summed E-state index contributed by atoms with van der Waals surface area (Å²) < 4.78 is 0. The summed E-state index contributed by atoms with van der Waals surface area (Å²) in [7, 11) is 0. The van der Waals surface area contributed by atoms with Crippen LogP contribution in [0.2, 0.25) is 0 Å². The molecular formula is C20H30N4O3. The summed E-state index contributed by atoms with van der Waals surface area (Å²) in [6, 6.07) is 5.09. The number of piperidine rings is 1. The highest BCUT2D eigenvalue weighted by Crippen LogP contribution is 2.31. The molecule has 0 radical (unpaired) electrons. The fourth-order valence-corrected chi connectivity index (χ4v) is 4.13. The summed E-state index contributed by atoms with van der Waals surface area (Å²) in [5, 5.41) is 14.4. The molecule has 2 unspecified atom stereocenters. The Balaban J connectivity index is 1.64. The zero-order valence-corrected chi connectivity index (χ0v) is 16.3. The molecule has 7 nitrogen and oxygen atoms in total. The lowest BCUT2D eigenvalue weighted by atomic mass is 9.99. The predicted molar refractivity (Wildman–Crippen MR) is 106 cm³/mol. The first-order valence-corrected chi connectivity index (χ1v) is 10.0. The molecule has 1 amide bonds. The molecule has 27 heavy (non-hydrogen) atoms. The average molecular weight is 374 g/mol. The van der Waals surface area contributed by atoms with Gasteiger partial charge in [-0.3, -0.25) is 19.8 Å². The number of hydrogen-bond donors (Lipinski definition) is 1. The van der Waals surface area contributed by atoms with E-state index in [0.29, 0.717) is 23.7 Å². The van der Waals surface area contributed by atoms with Gasteiger partial charge < -0.3 is 10.2 Å². The van der Waals surface area contributed by atoms with Gasteiger partial charge in [0.2, 0.25) is 0 Å². The van der Waals surface area contributed by atoms with Gasteiger partial charge in [0.05, 0.1) is 4.92 Å². The molecule has 2 atom stereocenters. The standard InChI is InChI=1S/C20H30N4O3/c1-15-6-5-11-23(14-15)16(2)13-21-20(25)17-7-8-18(19(12-17)24(26)27)22-9-3-4-10-22/h7-8,12,15-16H,3-6,9-11,13-14H2,1-2H3,(H,21,25). The number of nitro groups is 1. The van der Waals surface area contributed by atoms with Gasteiger partial charge in [0, 0.05) is 43.9 Å². The number of likely N-dealkylation sites (tertiary alicyclic amines) is 1. The van der Waals surface area contributed by atoms with Crippen molar-refractivity contribution in [2.24, 2.45) is 5.92 Å². The minimum absolute atomic E-state index is 0.0162. The van der Waals surface area contributed by atoms with Crippen molar-refractivity contribution in [2.75, 3.05) is 37.6 Å². The minimum Gasteiger partial charge on any atom is -0.366 e. The van der Waals surface area contributed by atoms with E-state index in [4.69, 9.17) is 0 Å². The first-order valence-electron chi connectivity index (χ1n) is 10.0. The third-order valence-corrected chi connectivity index (χ3v) is 5.75. The Morgan fingerprint density at radius 1 is 1.30 bits per heavy atom. The number of carbonyl (C=O) groups excluding carboxylic acids is 1. The van der Waals surface area contributed by atoms with Crippen LogP contribution in [-0.2, 0) is 0 Å². The van der Waals surface area contributed by atoms with Crippen molar-refractivity contribution in [2.45, 2.75) is 45.6 Å². The Morgan fingerprint density at radius 3 is 2.70 bits per heavy atom. The molecule has 2 aliphatic rings. The summed E-state index contributed by atoms with van der Waals surface area (Å²) >= 11 is 0. The molecule has 148 valence electrons. The minimum atomic E-state index is -0.387. The second-order valence-corrected chi connectivity index (χ2v) is 7.96. The molecule has 2 heterocycles. The number of hydrogen-bond acceptors (Lipinski definition) is 5. The second-order valence-electron chi connectivity index (χ2n) is 7.96. The zero-order valence-electron chi connectivity index (χ0n) is 16.3. The smallest absolute Gasteiger partial charge is 0.293 e. The molecule has 0 aromatic heterocycles. The number of nitro benzene ring substituents is 1. The number of nitrogens with zero attached hydrogens (tertiary/aromatic N) is 3. The van der Waals surface area contributed by atoms with E-state index < -0.39 is 0 Å². The molecule has 0 spiro atoms. The Kier molecular flexibility index (Phi) is 6.31. The third-order valence-electron chi connectivity index (χ3n) is 5.75. The van der Waals surface area contributed by atoms with Gasteiger partial charge in [-0.25, -0.2) is 0 Å². The van der Waals surface area contributed by atoms with E-state index in [2.05, 4.69) is 24.1 Å². The van der Waals surface area contributed by atoms with E-state index in [1.807, 2.05) is 4.90 Å². The van der Waals surface area contributed by atoms with Gasteiger partial charge in [-0.05, 0) is 57.2 Å². The van der Waals surface area contributed by atoms with Crippen LogP contribution in [0.25, 0.3) is 0 Å². The van der Waals surface area contributed by atoms with Crippen molar-refractivity contribution < 1.29 is 9.72 Å². The molecular weight excluding hydrogens is 344 g/mol. The fourth-order valence-electron chi connectivity index (χ4n) is 4.13. The summed E-state index contributed by atoms with van der Waals surface area (Å²) in [5.74, 6) is 0.445. The largest absolute Gasteiger partial charge is 0.366 e. The molecule has 2 saturated heterocycles. The van der Waals surface area contributed by atoms with Crippen molar-refractivity contribution in [3.05, 3.63) is 33.9 Å². The van der Waals surface area contributed by atoms with Crippen molar-refractivity contribution in [3.8, 4) is 0 Å². The molecule has 2 fully saturated rings. The molecule has 0 aliphatic carbocycles. The highest BCUT2D eigenvalue weighted by molar-refractivity contribution is 5.95. The van der Waals surface area contributed by atoms with E-state index in [1.165, 1.54) is 18.9 Å². The Hall–Kier alpha value is -2.15. The molecule has 1 aromatic rings. The van der Waals surface area contributed by atoms with Gasteiger partial charge in [0.15, 0.2) is 0 Å². The normalized spacial score (nSPS) is 21.9. The molecule has 1 N–H and O–H groups in total. The van der Waals surface area contributed by atoms with Crippen molar-refractivity contribution in [1.29, 1.82) is 0 Å². The maximum Gasteiger partial charge on any atom is 0.293 e. The van der Waals surface area contributed by atoms with Crippen LogP contribution < -0.4 is 10.2 Å². The number of amides is 1. The van der Waals surface area contributed by atoms with Crippen LogP contribution in [0.5, 0.6) is 0 Å². The van der Waals surface area contributed by atoms with E-state index in [9.17, 15) is 14.9 Å². The van der Waals surface area contributed by atoms with E-state index in [-0.39, 0.29) is 22.6 Å². The van der Waals surface area contributed by atoms with Gasteiger partial charge in [0.25, 0.3) is 11.6 Å². The lowest BCUT2D eigenvalue weighted by Crippen LogP contribution is -2.46. The number of carbonyl (C=O) groups is 1. The number of anilines is 1. The van der Waals surface area contributed by atoms with Crippen LogP contribution >= 0.6 is 0 Å². The Morgan fingerprint density at radius 2 is 2.04 bits per heavy atom. The molecule has 7 heteroatoms. The van der Waals surface area contributed by atoms with E-state index in [1.54, 1.807) is 12.1 Å². The van der Waals surface area contributed by atoms with Gasteiger partial charge in [0.1, 0.15) is 5.69 Å². The molecule has 2 aliphatic heterocycles. The first kappa shape index (κ1) is 19.6. The van der Waals surface area contributed by atoms with E-state index >= 15 is 0 Å². The zero-order chi connectivity index (χ0) is 19.4. The average Bonchev–Trinajstić information content (AvgIpc) is 3.19. The number of benzene rings is 1.